The number of fused-ring (bicyclic) bond motifs is 1. The molecule has 0 aliphatic carbocycles. The number of halogens is 1. The van der Waals surface area contributed by atoms with Gasteiger partial charge in [0, 0.05) is 24.4 Å². The molecule has 0 unspecified atom stereocenters. The van der Waals surface area contributed by atoms with E-state index in [0.29, 0.717) is 16.6 Å². The number of aryl methyl sites for hydroxylation is 1. The zero-order valence-electron chi connectivity index (χ0n) is 14.9. The molecule has 3 aromatic heterocycles. The number of hydrogen-bond acceptors (Lipinski definition) is 3. The van der Waals surface area contributed by atoms with Gasteiger partial charge < -0.3 is 10.3 Å². The van der Waals surface area contributed by atoms with E-state index in [-0.39, 0.29) is 5.82 Å². The zero-order chi connectivity index (χ0) is 18.0. The van der Waals surface area contributed by atoms with Crippen molar-refractivity contribution in [1.82, 2.24) is 20.3 Å². The molecule has 0 amide bonds. The van der Waals surface area contributed by atoms with Gasteiger partial charge in [0.2, 0.25) is 0 Å². The molecular formula is C20H23FN4. The Labute approximate surface area is 147 Å². The Kier molecular flexibility index (Phi) is 4.95. The minimum atomic E-state index is -0.367. The molecule has 0 saturated carbocycles. The second-order valence-electron chi connectivity index (χ2n) is 6.08. The number of rotatable bonds is 6. The summed E-state index contributed by atoms with van der Waals surface area (Å²) in [5.74, 6) is -0.367. The minimum Gasteiger partial charge on any atom is -0.357 e. The summed E-state index contributed by atoms with van der Waals surface area (Å²) in [6.45, 7) is 8.77. The maximum atomic E-state index is 14.8. The van der Waals surface area contributed by atoms with E-state index in [2.05, 4.69) is 26.8 Å². The smallest absolute Gasteiger partial charge is 0.153 e. The van der Waals surface area contributed by atoms with Crippen LogP contribution >= 0.6 is 0 Å². The van der Waals surface area contributed by atoms with E-state index in [1.165, 1.54) is 6.20 Å². The van der Waals surface area contributed by atoms with Crippen molar-refractivity contribution in [3.63, 3.8) is 0 Å². The molecule has 5 heteroatoms. The number of pyridine rings is 2. The number of hydrogen-bond donors (Lipinski definition) is 2. The van der Waals surface area contributed by atoms with Gasteiger partial charge in [0.05, 0.1) is 23.0 Å². The second-order valence-corrected chi connectivity index (χ2v) is 6.08. The lowest BCUT2D eigenvalue weighted by Crippen LogP contribution is -2.11. The molecule has 0 spiro atoms. The van der Waals surface area contributed by atoms with Crippen molar-refractivity contribution in [2.45, 2.75) is 26.7 Å². The first-order valence-corrected chi connectivity index (χ1v) is 8.53. The molecular weight excluding hydrogens is 315 g/mol. The molecule has 3 heterocycles. The van der Waals surface area contributed by atoms with Crippen LogP contribution in [0.1, 0.15) is 29.4 Å². The Bertz CT molecular complexity index is 927. The quantitative estimate of drug-likeness (QED) is 0.713. The minimum absolute atomic E-state index is 0.367. The van der Waals surface area contributed by atoms with Gasteiger partial charge in [-0.05, 0) is 43.7 Å². The molecule has 0 saturated heterocycles. The number of nitrogens with one attached hydrogen (secondary N) is 2. The fourth-order valence-electron chi connectivity index (χ4n) is 3.17. The van der Waals surface area contributed by atoms with E-state index in [4.69, 9.17) is 0 Å². The molecule has 0 fully saturated rings. The van der Waals surface area contributed by atoms with Crippen LogP contribution in [0.5, 0.6) is 0 Å². The molecule has 0 radical (unpaired) electrons. The van der Waals surface area contributed by atoms with Crippen LogP contribution in [0.3, 0.4) is 0 Å². The zero-order valence-corrected chi connectivity index (χ0v) is 14.9. The number of nitrogens with zero attached hydrogens (tertiary/aromatic N) is 2. The molecule has 3 rings (SSSR count). The van der Waals surface area contributed by atoms with Crippen LogP contribution in [0.25, 0.3) is 28.4 Å². The summed E-state index contributed by atoms with van der Waals surface area (Å²) >= 11 is 0. The third-order valence-corrected chi connectivity index (χ3v) is 4.55. The Morgan fingerprint density at radius 2 is 2.16 bits per heavy atom. The maximum absolute atomic E-state index is 14.8. The lowest BCUT2D eigenvalue weighted by atomic mass is 10.0. The van der Waals surface area contributed by atoms with Gasteiger partial charge in [0.25, 0.3) is 0 Å². The van der Waals surface area contributed by atoms with Gasteiger partial charge in [-0.3, -0.25) is 9.97 Å². The molecule has 0 bridgehead atoms. The molecule has 2 N–H and O–H groups in total. The molecule has 25 heavy (non-hydrogen) atoms. The van der Waals surface area contributed by atoms with Crippen LogP contribution < -0.4 is 5.32 Å². The highest BCUT2D eigenvalue weighted by Crippen LogP contribution is 2.34. The van der Waals surface area contributed by atoms with Crippen molar-refractivity contribution in [2.24, 2.45) is 0 Å². The molecule has 0 aromatic carbocycles. The topological polar surface area (TPSA) is 53.6 Å². The highest BCUT2D eigenvalue weighted by atomic mass is 19.1. The largest absolute Gasteiger partial charge is 0.357 e. The Hall–Kier alpha value is -2.53. The van der Waals surface area contributed by atoms with Crippen molar-refractivity contribution < 1.29 is 4.39 Å². The molecule has 0 aliphatic heterocycles. The molecule has 4 nitrogen and oxygen atoms in total. The van der Waals surface area contributed by atoms with Crippen LogP contribution in [0.2, 0.25) is 0 Å². The first-order valence-electron chi connectivity index (χ1n) is 8.53. The third-order valence-electron chi connectivity index (χ3n) is 4.55. The first kappa shape index (κ1) is 17.3. The molecule has 3 aromatic rings. The first-order chi connectivity index (χ1) is 12.1. The number of H-pyrrole nitrogens is 1. The van der Waals surface area contributed by atoms with Crippen LogP contribution in [0, 0.1) is 12.7 Å². The highest BCUT2D eigenvalue weighted by molar-refractivity contribution is 5.92. The number of aromatic amines is 1. The van der Waals surface area contributed by atoms with Crippen LogP contribution in [0.4, 0.5) is 4.39 Å². The lowest BCUT2D eigenvalue weighted by Gasteiger charge is -2.08. The van der Waals surface area contributed by atoms with E-state index >= 15 is 0 Å². The number of aromatic nitrogens is 3. The van der Waals surface area contributed by atoms with E-state index in [9.17, 15) is 4.39 Å². The molecule has 0 atom stereocenters. The van der Waals surface area contributed by atoms with Crippen LogP contribution in [-0.2, 0) is 12.8 Å². The van der Waals surface area contributed by atoms with Gasteiger partial charge >= 0.3 is 0 Å². The highest BCUT2D eigenvalue weighted by Gasteiger charge is 2.20. The summed E-state index contributed by atoms with van der Waals surface area (Å²) in [4.78, 5) is 12.2. The SMILES string of the molecule is C=Cc1c(CCNC)[nH]c(-c2c(F)cnc3ccc(CC)nc23)c1C. The van der Waals surface area contributed by atoms with E-state index in [0.717, 1.165) is 47.6 Å². The Morgan fingerprint density at radius 1 is 1.36 bits per heavy atom. The van der Waals surface area contributed by atoms with Gasteiger partial charge in [0.1, 0.15) is 5.52 Å². The second kappa shape index (κ2) is 7.15. The van der Waals surface area contributed by atoms with Gasteiger partial charge in [-0.1, -0.05) is 19.6 Å². The average molecular weight is 338 g/mol. The third kappa shape index (κ3) is 3.07. The summed E-state index contributed by atoms with van der Waals surface area (Å²) in [6.07, 6.45) is 4.70. The van der Waals surface area contributed by atoms with Gasteiger partial charge in [0.15, 0.2) is 5.82 Å². The number of likely N-dealkylation sites (N-methyl/N-ethyl adjacent to an activating group) is 1. The van der Waals surface area contributed by atoms with Gasteiger partial charge in [-0.25, -0.2) is 4.39 Å². The monoisotopic (exact) mass is 338 g/mol. The molecule has 130 valence electrons. The fraction of sp³-hybridized carbons (Fsp3) is 0.300. The predicted octanol–water partition coefficient (Wildman–Crippen LogP) is 4.04. The fourth-order valence-corrected chi connectivity index (χ4v) is 3.17. The summed E-state index contributed by atoms with van der Waals surface area (Å²) in [5.41, 5.74) is 6.51. The van der Waals surface area contributed by atoms with Crippen LogP contribution in [0.15, 0.2) is 24.9 Å². The lowest BCUT2D eigenvalue weighted by molar-refractivity contribution is 0.626. The van der Waals surface area contributed by atoms with E-state index in [1.54, 1.807) is 0 Å². The molecule has 0 aliphatic rings. The standard InChI is InChI=1S/C20H23FN4/c1-5-13-7-8-17-20(24-13)18(15(21)11-23-17)19-12(3)14(6-2)16(25-19)9-10-22-4/h6-8,11,22,25H,2,5,9-10H2,1,3-4H3. The van der Waals surface area contributed by atoms with Crippen molar-refractivity contribution in [2.75, 3.05) is 13.6 Å². The normalized spacial score (nSPS) is 11.2. The van der Waals surface area contributed by atoms with Crippen molar-refractivity contribution >= 4 is 17.1 Å². The Balaban J connectivity index is 2.27. The summed E-state index contributed by atoms with van der Waals surface area (Å²) in [6, 6.07) is 3.84. The van der Waals surface area contributed by atoms with Gasteiger partial charge in [-0.15, -0.1) is 0 Å². The van der Waals surface area contributed by atoms with Crippen molar-refractivity contribution in [3.05, 3.63) is 53.2 Å². The summed E-state index contributed by atoms with van der Waals surface area (Å²) in [5, 5.41) is 3.14. The van der Waals surface area contributed by atoms with Gasteiger partial charge in [-0.2, -0.15) is 0 Å². The maximum Gasteiger partial charge on any atom is 0.153 e. The predicted molar refractivity (Wildman–Crippen MR) is 101 cm³/mol. The average Bonchev–Trinajstić information content (AvgIpc) is 2.94. The summed E-state index contributed by atoms with van der Waals surface area (Å²) in [7, 11) is 1.91. The van der Waals surface area contributed by atoms with Crippen molar-refractivity contribution in [3.8, 4) is 11.3 Å². The van der Waals surface area contributed by atoms with Crippen molar-refractivity contribution in [1.29, 1.82) is 0 Å². The van der Waals surface area contributed by atoms with Crippen LogP contribution in [-0.4, -0.2) is 28.5 Å². The van der Waals surface area contributed by atoms with E-state index < -0.39 is 0 Å². The summed E-state index contributed by atoms with van der Waals surface area (Å²) < 4.78 is 14.8. The Morgan fingerprint density at radius 3 is 2.84 bits per heavy atom. The van der Waals surface area contributed by atoms with E-state index in [1.807, 2.05) is 39.1 Å².